The molecule has 6 heteroatoms. The maximum Gasteiger partial charge on any atom is 0.166 e. The van der Waals surface area contributed by atoms with E-state index in [9.17, 15) is 17.6 Å². The molecule has 0 unspecified atom stereocenters. The summed E-state index contributed by atoms with van der Waals surface area (Å²) in [6.45, 7) is 0. The zero-order valence-corrected chi connectivity index (χ0v) is 9.67. The molecule has 2 N–H and O–H groups in total. The predicted octanol–water partition coefficient (Wildman–Crippen LogP) is 3.46. The molecule has 0 heterocycles. The van der Waals surface area contributed by atoms with Crippen LogP contribution in [0, 0.1) is 29.2 Å². The van der Waals surface area contributed by atoms with Gasteiger partial charge in [0.25, 0.3) is 0 Å². The van der Waals surface area contributed by atoms with Crippen LogP contribution in [-0.2, 0) is 0 Å². The van der Waals surface area contributed by atoms with Gasteiger partial charge in [0.15, 0.2) is 23.3 Å². The molecule has 2 rings (SSSR count). The van der Waals surface area contributed by atoms with Gasteiger partial charge in [-0.1, -0.05) is 6.42 Å². The van der Waals surface area contributed by atoms with E-state index in [0.717, 1.165) is 19.3 Å². The Morgan fingerprint density at radius 1 is 1.06 bits per heavy atom. The third kappa shape index (κ3) is 2.40. The van der Waals surface area contributed by atoms with E-state index in [0.29, 0.717) is 0 Å². The molecule has 1 aliphatic carbocycles. The lowest BCUT2D eigenvalue weighted by Gasteiger charge is -2.31. The van der Waals surface area contributed by atoms with Gasteiger partial charge < -0.3 is 5.73 Å². The predicted molar refractivity (Wildman–Crippen MR) is 57.8 cm³/mol. The quantitative estimate of drug-likeness (QED) is 0.646. The molecule has 1 aromatic rings. The highest BCUT2D eigenvalue weighted by molar-refractivity contribution is 5.85. The van der Waals surface area contributed by atoms with Crippen LogP contribution < -0.4 is 5.73 Å². The average Bonchev–Trinajstić information content (AvgIpc) is 2.12. The zero-order chi connectivity index (χ0) is 11.9. The van der Waals surface area contributed by atoms with Gasteiger partial charge >= 0.3 is 0 Å². The van der Waals surface area contributed by atoms with E-state index in [2.05, 4.69) is 0 Å². The molecule has 0 spiro atoms. The number of hydrogen-bond donors (Lipinski definition) is 1. The molecule has 96 valence electrons. The van der Waals surface area contributed by atoms with Crippen molar-refractivity contribution in [2.75, 3.05) is 0 Å². The molecule has 0 saturated heterocycles. The highest BCUT2D eigenvalue weighted by atomic mass is 35.5. The van der Waals surface area contributed by atoms with Gasteiger partial charge in [0.1, 0.15) is 0 Å². The topological polar surface area (TPSA) is 26.0 Å². The average molecular weight is 270 g/mol. The van der Waals surface area contributed by atoms with Gasteiger partial charge in [-0.05, 0) is 18.8 Å². The summed E-state index contributed by atoms with van der Waals surface area (Å²) in [6, 6.07) is -0.777. The fourth-order valence-electron chi connectivity index (χ4n) is 1.92. The minimum absolute atomic E-state index is 0. The largest absolute Gasteiger partial charge is 0.324 e. The van der Waals surface area contributed by atoms with Crippen molar-refractivity contribution in [1.82, 2.24) is 0 Å². The number of hydrogen-bond acceptors (Lipinski definition) is 1. The third-order valence-corrected chi connectivity index (χ3v) is 3.14. The van der Waals surface area contributed by atoms with Crippen LogP contribution in [0.1, 0.15) is 30.9 Å². The lowest BCUT2D eigenvalue weighted by molar-refractivity contribution is 0.252. The van der Waals surface area contributed by atoms with Gasteiger partial charge in [0.05, 0.1) is 0 Å². The van der Waals surface area contributed by atoms with E-state index in [1.165, 1.54) is 0 Å². The molecule has 0 radical (unpaired) electrons. The molecule has 0 aromatic heterocycles. The Balaban J connectivity index is 0.00000144. The summed E-state index contributed by atoms with van der Waals surface area (Å²) < 4.78 is 52.6. The minimum Gasteiger partial charge on any atom is -0.324 e. The summed E-state index contributed by atoms with van der Waals surface area (Å²) in [6.07, 6.45) is 2.40. The highest BCUT2D eigenvalue weighted by Gasteiger charge is 2.32. The summed E-state index contributed by atoms with van der Waals surface area (Å²) in [5, 5.41) is 0. The van der Waals surface area contributed by atoms with Gasteiger partial charge in [-0.2, -0.15) is 0 Å². The third-order valence-electron chi connectivity index (χ3n) is 3.14. The van der Waals surface area contributed by atoms with Crippen molar-refractivity contribution >= 4 is 12.4 Å². The smallest absolute Gasteiger partial charge is 0.166 e. The molecule has 1 fully saturated rings. The molecule has 0 bridgehead atoms. The van der Waals surface area contributed by atoms with Crippen LogP contribution in [0.2, 0.25) is 0 Å². The fourth-order valence-corrected chi connectivity index (χ4v) is 1.92. The Labute approximate surface area is 102 Å². The van der Waals surface area contributed by atoms with Gasteiger partial charge in [0, 0.05) is 17.7 Å². The first kappa shape index (κ1) is 14.3. The molecule has 0 aliphatic heterocycles. The van der Waals surface area contributed by atoms with Crippen molar-refractivity contribution in [1.29, 1.82) is 0 Å². The second kappa shape index (κ2) is 5.23. The maximum atomic E-state index is 13.4. The fraction of sp³-hybridized carbons (Fsp3) is 0.455. The van der Waals surface area contributed by atoms with Crippen LogP contribution in [0.4, 0.5) is 17.6 Å². The van der Waals surface area contributed by atoms with E-state index in [4.69, 9.17) is 5.73 Å². The van der Waals surface area contributed by atoms with Crippen LogP contribution >= 0.6 is 12.4 Å². The molecule has 1 saturated carbocycles. The summed E-state index contributed by atoms with van der Waals surface area (Å²) in [7, 11) is 0. The van der Waals surface area contributed by atoms with Gasteiger partial charge in [-0.25, -0.2) is 17.6 Å². The summed E-state index contributed by atoms with van der Waals surface area (Å²) >= 11 is 0. The second-order valence-electron chi connectivity index (χ2n) is 4.10. The molecule has 1 aromatic carbocycles. The van der Waals surface area contributed by atoms with Crippen LogP contribution in [-0.4, -0.2) is 0 Å². The van der Waals surface area contributed by atoms with Crippen LogP contribution in [0.15, 0.2) is 6.07 Å². The van der Waals surface area contributed by atoms with Crippen molar-refractivity contribution in [3.05, 3.63) is 34.9 Å². The molecule has 1 aliphatic rings. The number of halogens is 5. The molecular weight excluding hydrogens is 258 g/mol. The van der Waals surface area contributed by atoms with E-state index in [1.807, 2.05) is 0 Å². The van der Waals surface area contributed by atoms with Crippen LogP contribution in [0.25, 0.3) is 0 Å². The Morgan fingerprint density at radius 3 is 1.88 bits per heavy atom. The lowest BCUT2D eigenvalue weighted by atomic mass is 9.77. The first-order valence-electron chi connectivity index (χ1n) is 5.11. The van der Waals surface area contributed by atoms with Crippen molar-refractivity contribution in [2.45, 2.75) is 25.3 Å². The Bertz CT molecular complexity index is 394. The molecule has 1 atom stereocenters. The molecule has 1 nitrogen and oxygen atoms in total. The normalized spacial score (nSPS) is 17.2. The summed E-state index contributed by atoms with van der Waals surface area (Å²) in [5.74, 6) is -5.64. The Hall–Kier alpha value is -0.810. The van der Waals surface area contributed by atoms with Crippen LogP contribution in [0.3, 0.4) is 0 Å². The number of benzene rings is 1. The second-order valence-corrected chi connectivity index (χ2v) is 4.10. The van der Waals surface area contributed by atoms with E-state index >= 15 is 0 Å². The van der Waals surface area contributed by atoms with Crippen molar-refractivity contribution < 1.29 is 17.6 Å². The van der Waals surface area contributed by atoms with Crippen molar-refractivity contribution in [3.8, 4) is 0 Å². The molecular formula is C11H12ClF4N. The van der Waals surface area contributed by atoms with Gasteiger partial charge in [-0.15, -0.1) is 12.4 Å². The monoisotopic (exact) mass is 269 g/mol. The first-order valence-corrected chi connectivity index (χ1v) is 5.11. The number of rotatable bonds is 2. The van der Waals surface area contributed by atoms with E-state index in [-0.39, 0.29) is 24.4 Å². The van der Waals surface area contributed by atoms with Crippen molar-refractivity contribution in [2.24, 2.45) is 11.7 Å². The minimum atomic E-state index is -1.40. The summed E-state index contributed by atoms with van der Waals surface area (Å²) in [5.41, 5.74) is 4.96. The molecule has 17 heavy (non-hydrogen) atoms. The van der Waals surface area contributed by atoms with Crippen molar-refractivity contribution in [3.63, 3.8) is 0 Å². The maximum absolute atomic E-state index is 13.4. The molecule has 0 amide bonds. The lowest BCUT2D eigenvalue weighted by Crippen LogP contribution is -2.29. The SMILES string of the molecule is Cl.N[C@@H](c1c(F)c(F)cc(F)c1F)C1CCC1. The van der Waals surface area contributed by atoms with Gasteiger partial charge in [0.2, 0.25) is 0 Å². The Morgan fingerprint density at radius 2 is 1.53 bits per heavy atom. The van der Waals surface area contributed by atoms with Gasteiger partial charge in [-0.3, -0.25) is 0 Å². The Kier molecular flexibility index (Phi) is 4.38. The van der Waals surface area contributed by atoms with E-state index in [1.54, 1.807) is 0 Å². The van der Waals surface area contributed by atoms with Crippen LogP contribution in [0.5, 0.6) is 0 Å². The first-order chi connectivity index (χ1) is 7.52. The number of nitrogens with two attached hydrogens (primary N) is 1. The van der Waals surface area contributed by atoms with E-state index < -0.39 is 34.9 Å². The summed E-state index contributed by atoms with van der Waals surface area (Å²) in [4.78, 5) is 0. The standard InChI is InChI=1S/C11H11F4N.ClH/c12-6-4-7(13)10(15)8(9(6)14)11(16)5-2-1-3-5;/h4-5,11H,1-3,16H2;1H/t11-;/m1./s1. The highest BCUT2D eigenvalue weighted by Crippen LogP contribution is 2.38. The zero-order valence-electron chi connectivity index (χ0n) is 8.85.